The van der Waals surface area contributed by atoms with Crippen molar-refractivity contribution in [1.82, 2.24) is 9.80 Å². The van der Waals surface area contributed by atoms with Crippen LogP contribution in [0.15, 0.2) is 119 Å². The predicted octanol–water partition coefficient (Wildman–Crippen LogP) is 8.25. The molecule has 3 fully saturated rings. The predicted molar refractivity (Wildman–Crippen MR) is 288 cm³/mol. The lowest BCUT2D eigenvalue weighted by Crippen LogP contribution is -2.74. The van der Waals surface area contributed by atoms with Crippen molar-refractivity contribution in [2.24, 2.45) is 16.1 Å². The lowest BCUT2D eigenvalue weighted by atomic mass is 9.79. The van der Waals surface area contributed by atoms with Gasteiger partial charge in [0.2, 0.25) is 10.3 Å². The lowest BCUT2D eigenvalue weighted by Gasteiger charge is -2.53. The van der Waals surface area contributed by atoms with Gasteiger partial charge in [0.25, 0.3) is 11.8 Å². The number of carbonyl (C=O) groups excluding carboxylic acids is 4. The van der Waals surface area contributed by atoms with Gasteiger partial charge in [-0.15, -0.1) is 0 Å². The van der Waals surface area contributed by atoms with E-state index in [1.54, 1.807) is 46.3 Å². The first-order valence-corrected chi connectivity index (χ1v) is 25.6. The number of amides is 2. The molecule has 21 heteroatoms. The summed E-state index contributed by atoms with van der Waals surface area (Å²) in [6.07, 6.45) is 3.54. The Hall–Kier alpha value is -4.36. The Kier molecular flexibility index (Phi) is 18.7. The summed E-state index contributed by atoms with van der Waals surface area (Å²) in [5.41, 5.74) is 5.74. The molecule has 0 aromatic heterocycles. The Labute approximate surface area is 446 Å². The average Bonchev–Trinajstić information content (AvgIpc) is 3.74. The molecule has 5 aliphatic rings. The molecule has 0 aliphatic carbocycles. The first-order chi connectivity index (χ1) is 33.3. The quantitative estimate of drug-likeness (QED) is 0.0742. The van der Waals surface area contributed by atoms with Gasteiger partial charge in [-0.3, -0.25) is 19.9 Å². The van der Waals surface area contributed by atoms with E-state index in [0.717, 1.165) is 52.4 Å². The number of esters is 2. The highest BCUT2D eigenvalue weighted by molar-refractivity contribution is 14.1. The van der Waals surface area contributed by atoms with E-state index < -0.39 is 23.5 Å². The van der Waals surface area contributed by atoms with Gasteiger partial charge in [-0.2, -0.15) is 10.2 Å². The van der Waals surface area contributed by atoms with Crippen molar-refractivity contribution >= 4 is 141 Å². The number of rotatable bonds is 9. The largest absolute Gasteiger partial charge is 0.464 e. The van der Waals surface area contributed by atoms with Gasteiger partial charge in [0.05, 0.1) is 63.6 Å². The molecule has 364 valence electrons. The summed E-state index contributed by atoms with van der Waals surface area (Å²) in [4.78, 5) is 59.0. The lowest BCUT2D eigenvalue weighted by molar-refractivity contribution is -0.139. The maximum Gasteiger partial charge on any atom is 0.365 e. The molecule has 3 saturated heterocycles. The number of hydrogen-bond donors (Lipinski definition) is 1. The molecule has 4 aromatic carbocycles. The number of methoxy groups -OCH3 is 2. The van der Waals surface area contributed by atoms with Crippen LogP contribution < -0.4 is 20.2 Å². The second-order valence-electron chi connectivity index (χ2n) is 15.8. The van der Waals surface area contributed by atoms with Crippen molar-refractivity contribution in [3.05, 3.63) is 126 Å². The number of hydrogen-bond acceptors (Lipinski definition) is 14. The van der Waals surface area contributed by atoms with E-state index in [2.05, 4.69) is 92.3 Å². The fraction of sp³-hybridized carbons (Fsp3) is 0.333. The maximum absolute atomic E-state index is 14.6. The van der Waals surface area contributed by atoms with Gasteiger partial charge < -0.3 is 33.6 Å². The smallest absolute Gasteiger partial charge is 0.365 e. The van der Waals surface area contributed by atoms with Crippen LogP contribution in [-0.4, -0.2) is 129 Å². The van der Waals surface area contributed by atoms with Crippen LogP contribution in [-0.2, 0) is 38.1 Å². The maximum atomic E-state index is 14.6. The van der Waals surface area contributed by atoms with Gasteiger partial charge in [0.15, 0.2) is 5.71 Å². The number of nitrogens with zero attached hydrogens (tertiary/aromatic N) is 7. The number of benzene rings is 4. The molecule has 0 unspecified atom stereocenters. The Bertz CT molecular complexity index is 2550. The van der Waals surface area contributed by atoms with Gasteiger partial charge in [-0.25, -0.2) is 14.6 Å². The topological polar surface area (TPSA) is 158 Å². The SMILES string of the molecule is COC(=O)/C(Br)=N/Nc1ccc(Cl)cc1.COC(=O)C1=NN(c2ccc(Cl)cc2)[C@@]2(N3CCOCC3)C(=O)N(c3ccc(I)cc3)CC[C@@H]12.O=C1C(N2CCOCC2)=CCCN1c1ccc(I)cc1. The molecular formula is C48H49BrCl2I2N8O8. The van der Waals surface area contributed by atoms with E-state index in [-0.39, 0.29) is 22.1 Å². The molecular weight excluding hydrogens is 1220 g/mol. The third kappa shape index (κ3) is 12.4. The van der Waals surface area contributed by atoms with Crippen LogP contribution in [0.3, 0.4) is 0 Å². The number of morpholine rings is 2. The molecule has 0 bridgehead atoms. The number of anilines is 4. The van der Waals surface area contributed by atoms with E-state index in [0.29, 0.717) is 68.2 Å². The summed E-state index contributed by atoms with van der Waals surface area (Å²) in [5.74, 6) is -1.53. The zero-order valence-corrected chi connectivity index (χ0v) is 45.1. The molecule has 2 atom stereocenters. The molecule has 2 amide bonds. The van der Waals surface area contributed by atoms with E-state index in [4.69, 9.17) is 42.5 Å². The molecule has 0 spiro atoms. The third-order valence-corrected chi connectivity index (χ3v) is 14.2. The number of ether oxygens (including phenoxy) is 4. The summed E-state index contributed by atoms with van der Waals surface area (Å²) in [6, 6.07) is 30.1. The minimum atomic E-state index is -1.22. The van der Waals surface area contributed by atoms with Crippen LogP contribution in [0.4, 0.5) is 22.7 Å². The number of fused-ring (bicyclic) bond motifs is 1. The van der Waals surface area contributed by atoms with E-state index in [1.807, 2.05) is 65.6 Å². The number of carbonyl (C=O) groups is 4. The molecule has 0 radical (unpaired) electrons. The van der Waals surface area contributed by atoms with Crippen LogP contribution in [0.1, 0.15) is 12.8 Å². The fourth-order valence-electron chi connectivity index (χ4n) is 8.48. The van der Waals surface area contributed by atoms with E-state index >= 15 is 0 Å². The minimum absolute atomic E-state index is 0.0694. The van der Waals surface area contributed by atoms with E-state index in [9.17, 15) is 19.2 Å². The summed E-state index contributed by atoms with van der Waals surface area (Å²) < 4.78 is 22.8. The van der Waals surface area contributed by atoms with Crippen molar-refractivity contribution in [3.8, 4) is 0 Å². The molecule has 5 aliphatic heterocycles. The van der Waals surface area contributed by atoms with Crippen LogP contribution in [0.25, 0.3) is 0 Å². The van der Waals surface area contributed by atoms with Crippen molar-refractivity contribution in [2.45, 2.75) is 18.5 Å². The number of hydrazone groups is 2. The standard InChI is InChI=1S/C24H24ClIN4O4.C15H17IN2O2.C9H8BrClN2O2/c1-33-22(31)21-20-10-11-29(18-8-4-17(26)5-9-18)23(32)24(20,28-12-14-34-15-13-28)30(27-21)19-6-2-16(25)3-7-19;16-12-3-5-13(6-4-12)18-7-1-2-14(15(18)19)17-8-10-20-11-9-17;1-15-9(14)8(10)13-12-7-4-2-6(11)3-5-7/h2-9,20H,10-15H2,1H3;2-6H,1,7-11H2;2-5,12H,1H3/b;;13-8-/t20-,24+;;/m0../s1. The van der Waals surface area contributed by atoms with Crippen LogP contribution in [0.2, 0.25) is 10.0 Å². The highest BCUT2D eigenvalue weighted by atomic mass is 127. The van der Waals surface area contributed by atoms with Gasteiger partial charge in [0, 0.05) is 67.8 Å². The summed E-state index contributed by atoms with van der Waals surface area (Å²) in [5, 5.41) is 11.4. The Morgan fingerprint density at radius 2 is 1.28 bits per heavy atom. The van der Waals surface area contributed by atoms with E-state index in [1.165, 1.54) is 17.8 Å². The monoisotopic (exact) mass is 1270 g/mol. The van der Waals surface area contributed by atoms with Crippen LogP contribution in [0.5, 0.6) is 0 Å². The summed E-state index contributed by atoms with van der Waals surface area (Å²) in [6.45, 7) is 6.31. The average molecular weight is 1270 g/mol. The minimum Gasteiger partial charge on any atom is -0.464 e. The second kappa shape index (κ2) is 24.7. The normalized spacial score (nSPS) is 20.6. The van der Waals surface area contributed by atoms with Crippen LogP contribution in [0, 0.1) is 13.1 Å². The molecule has 9 rings (SSSR count). The Morgan fingerprint density at radius 1 is 0.739 bits per heavy atom. The van der Waals surface area contributed by atoms with Gasteiger partial charge >= 0.3 is 11.9 Å². The molecule has 16 nitrogen and oxygen atoms in total. The zero-order chi connectivity index (χ0) is 49.1. The first-order valence-electron chi connectivity index (χ1n) is 21.9. The first kappa shape index (κ1) is 52.5. The number of piperidine rings is 1. The van der Waals surface area contributed by atoms with Crippen molar-refractivity contribution < 1.29 is 38.1 Å². The Balaban J connectivity index is 0.000000170. The zero-order valence-electron chi connectivity index (χ0n) is 37.7. The highest BCUT2D eigenvalue weighted by Gasteiger charge is 2.65. The molecule has 69 heavy (non-hydrogen) atoms. The molecule has 4 aromatic rings. The molecule has 1 N–H and O–H groups in total. The van der Waals surface area contributed by atoms with Gasteiger partial charge in [-0.1, -0.05) is 29.3 Å². The van der Waals surface area contributed by atoms with Crippen molar-refractivity contribution in [3.63, 3.8) is 0 Å². The fourth-order valence-corrected chi connectivity index (χ4v) is 9.70. The van der Waals surface area contributed by atoms with Gasteiger partial charge in [0.1, 0.15) is 0 Å². The molecule has 0 saturated carbocycles. The van der Waals surface area contributed by atoms with Crippen molar-refractivity contribution in [1.29, 1.82) is 0 Å². The highest BCUT2D eigenvalue weighted by Crippen LogP contribution is 2.47. The van der Waals surface area contributed by atoms with Gasteiger partial charge in [-0.05, 0) is 171 Å². The number of halogens is 5. The summed E-state index contributed by atoms with van der Waals surface area (Å²) in [7, 11) is 2.62. The van der Waals surface area contributed by atoms with Crippen molar-refractivity contribution in [2.75, 3.05) is 100 Å². The second-order valence-corrected chi connectivity index (χ2v) is 19.9. The third-order valence-electron chi connectivity index (χ3n) is 11.8. The Morgan fingerprint density at radius 3 is 1.84 bits per heavy atom. The molecule has 5 heterocycles. The number of nitrogens with one attached hydrogen (secondary N) is 1. The van der Waals surface area contributed by atoms with Crippen LogP contribution >= 0.6 is 84.3 Å². The summed E-state index contributed by atoms with van der Waals surface area (Å²) >= 11 is 19.3.